The van der Waals surface area contributed by atoms with E-state index >= 15 is 0 Å². The highest BCUT2D eigenvalue weighted by Gasteiger charge is 2.57. The molecular formula is C27H18F3N3O4S3. The van der Waals surface area contributed by atoms with Gasteiger partial charge in [0.1, 0.15) is 11.8 Å². The Balaban J connectivity index is 1.39. The van der Waals surface area contributed by atoms with Gasteiger partial charge in [-0.3, -0.25) is 23.7 Å². The number of rotatable bonds is 5. The second-order valence-corrected chi connectivity index (χ2v) is 12.3. The second kappa shape index (κ2) is 10.1. The third-order valence-corrected chi connectivity index (χ3v) is 10.2. The van der Waals surface area contributed by atoms with E-state index in [0.717, 1.165) is 51.1 Å². The van der Waals surface area contributed by atoms with Crippen molar-refractivity contribution in [2.75, 3.05) is 10.2 Å². The lowest BCUT2D eigenvalue weighted by molar-refractivity contribution is -0.137. The molecule has 0 radical (unpaired) electrons. The summed E-state index contributed by atoms with van der Waals surface area (Å²) in [5, 5.41) is 3.97. The molecule has 1 N–H and O–H groups in total. The number of amides is 3. The number of para-hydroxylation sites is 1. The van der Waals surface area contributed by atoms with Crippen molar-refractivity contribution in [3.63, 3.8) is 0 Å². The van der Waals surface area contributed by atoms with Gasteiger partial charge in [-0.15, -0.1) is 11.3 Å². The molecule has 2 aliphatic rings. The SMILES string of the molecule is O=C(Cn1c2c(sc1=O)[C@@H](c1cccs1)[C@@H]1C(=O)N(c3cccc(C(F)(F)F)c3)C(=O)[C@@H]1S2)Nc1ccccc1. The predicted octanol–water partition coefficient (Wildman–Crippen LogP) is 5.42. The van der Waals surface area contributed by atoms with Crippen LogP contribution in [0.3, 0.4) is 0 Å². The van der Waals surface area contributed by atoms with Crippen molar-refractivity contribution in [2.45, 2.75) is 28.9 Å². The van der Waals surface area contributed by atoms with Crippen LogP contribution in [0.4, 0.5) is 24.5 Å². The van der Waals surface area contributed by atoms with E-state index in [-0.39, 0.29) is 12.2 Å². The number of nitrogens with zero attached hydrogens (tertiary/aromatic N) is 2. The van der Waals surface area contributed by atoms with Crippen LogP contribution < -0.4 is 15.1 Å². The minimum Gasteiger partial charge on any atom is -0.325 e. The third-order valence-electron chi connectivity index (χ3n) is 6.69. The van der Waals surface area contributed by atoms with E-state index in [9.17, 15) is 32.3 Å². The molecule has 0 aliphatic carbocycles. The molecule has 2 aromatic heterocycles. The lowest BCUT2D eigenvalue weighted by Gasteiger charge is -2.29. The molecular weight excluding hydrogens is 584 g/mol. The lowest BCUT2D eigenvalue weighted by Crippen LogP contribution is -2.32. The topological polar surface area (TPSA) is 88.5 Å². The number of fused-ring (bicyclic) bond motifs is 2. The Labute approximate surface area is 237 Å². The van der Waals surface area contributed by atoms with E-state index in [2.05, 4.69) is 5.32 Å². The van der Waals surface area contributed by atoms with Crippen LogP contribution in [0.2, 0.25) is 0 Å². The normalized spacial score (nSPS) is 20.4. The number of hydrogen-bond donors (Lipinski definition) is 1. The predicted molar refractivity (Wildman–Crippen MR) is 147 cm³/mol. The van der Waals surface area contributed by atoms with E-state index in [0.29, 0.717) is 15.6 Å². The number of carbonyl (C=O) groups excluding carboxylic acids is 3. The largest absolute Gasteiger partial charge is 0.416 e. The molecule has 40 heavy (non-hydrogen) atoms. The number of imide groups is 1. The lowest BCUT2D eigenvalue weighted by atomic mass is 9.87. The molecule has 0 spiro atoms. The van der Waals surface area contributed by atoms with Crippen molar-refractivity contribution < 1.29 is 27.6 Å². The summed E-state index contributed by atoms with van der Waals surface area (Å²) < 4.78 is 41.5. The number of carbonyl (C=O) groups is 3. The Kier molecular flexibility index (Phi) is 6.67. The van der Waals surface area contributed by atoms with Gasteiger partial charge >= 0.3 is 11.0 Å². The van der Waals surface area contributed by atoms with Crippen molar-refractivity contribution in [3.05, 3.63) is 97.1 Å². The quantitative estimate of drug-likeness (QED) is 0.309. The van der Waals surface area contributed by atoms with E-state index in [1.54, 1.807) is 42.5 Å². The number of halogens is 3. The van der Waals surface area contributed by atoms with E-state index < -0.39 is 51.4 Å². The Morgan fingerprint density at radius 2 is 1.73 bits per heavy atom. The van der Waals surface area contributed by atoms with Crippen LogP contribution in [0.1, 0.15) is 21.2 Å². The van der Waals surface area contributed by atoms with Gasteiger partial charge in [-0.25, -0.2) is 4.90 Å². The Morgan fingerprint density at radius 3 is 2.42 bits per heavy atom. The molecule has 204 valence electrons. The summed E-state index contributed by atoms with van der Waals surface area (Å²) in [6, 6.07) is 16.4. The fourth-order valence-electron chi connectivity index (χ4n) is 4.97. The first-order chi connectivity index (χ1) is 19.1. The average Bonchev–Trinajstić information content (AvgIpc) is 3.62. The summed E-state index contributed by atoms with van der Waals surface area (Å²) in [5.74, 6) is -3.32. The van der Waals surface area contributed by atoms with Crippen LogP contribution in [0.25, 0.3) is 0 Å². The number of thioether (sulfide) groups is 1. The summed E-state index contributed by atoms with van der Waals surface area (Å²) in [6.07, 6.45) is -4.65. The number of thiophene rings is 1. The first-order valence-corrected chi connectivity index (χ1v) is 14.5. The second-order valence-electron chi connectivity index (χ2n) is 9.16. The van der Waals surface area contributed by atoms with Gasteiger partial charge in [0.2, 0.25) is 17.7 Å². The molecule has 1 saturated heterocycles. The fourth-order valence-corrected chi connectivity index (χ4v) is 8.69. The molecule has 7 nitrogen and oxygen atoms in total. The van der Waals surface area contributed by atoms with Crippen molar-refractivity contribution in [3.8, 4) is 0 Å². The zero-order valence-electron chi connectivity index (χ0n) is 20.3. The maximum absolute atomic E-state index is 13.8. The van der Waals surface area contributed by atoms with Crippen LogP contribution in [0, 0.1) is 5.92 Å². The maximum atomic E-state index is 13.8. The number of aromatic nitrogens is 1. The van der Waals surface area contributed by atoms with Gasteiger partial charge in [-0.2, -0.15) is 13.2 Å². The Hall–Kier alpha value is -3.68. The van der Waals surface area contributed by atoms with Gasteiger partial charge < -0.3 is 5.32 Å². The van der Waals surface area contributed by atoms with E-state index in [1.165, 1.54) is 22.0 Å². The monoisotopic (exact) mass is 601 g/mol. The smallest absolute Gasteiger partial charge is 0.325 e. The van der Waals surface area contributed by atoms with Gasteiger partial charge in [0.05, 0.1) is 22.2 Å². The first kappa shape index (κ1) is 26.5. The molecule has 2 aromatic carbocycles. The summed E-state index contributed by atoms with van der Waals surface area (Å²) in [5.41, 5.74) is -0.574. The van der Waals surface area contributed by atoms with Gasteiger partial charge in [0.25, 0.3) is 0 Å². The van der Waals surface area contributed by atoms with Crippen LogP contribution in [0.15, 0.2) is 81.9 Å². The molecule has 4 aromatic rings. The minimum atomic E-state index is -4.65. The Bertz CT molecular complexity index is 1680. The summed E-state index contributed by atoms with van der Waals surface area (Å²) in [6.45, 7) is -0.305. The highest BCUT2D eigenvalue weighted by Crippen LogP contribution is 2.54. The number of thiazole rings is 1. The number of anilines is 2. The molecule has 0 unspecified atom stereocenters. The first-order valence-electron chi connectivity index (χ1n) is 12.0. The number of nitrogens with one attached hydrogen (secondary N) is 1. The minimum absolute atomic E-state index is 0.160. The molecule has 1 fully saturated rings. The number of benzene rings is 2. The van der Waals surface area contributed by atoms with Crippen molar-refractivity contribution in [2.24, 2.45) is 5.92 Å². The van der Waals surface area contributed by atoms with Gasteiger partial charge in [-0.1, -0.05) is 53.4 Å². The molecule has 2 aliphatic heterocycles. The summed E-state index contributed by atoms with van der Waals surface area (Å²) in [7, 11) is 0. The highest BCUT2D eigenvalue weighted by atomic mass is 32.2. The average molecular weight is 602 g/mol. The molecule has 13 heteroatoms. The standard InChI is InChI=1S/C27H18F3N3O4S3/c28-27(29,30)14-6-4-9-16(12-14)33-23(35)20-19(17-10-5-11-38-17)22-25(39-21(20)24(33)36)32(26(37)40-22)13-18(34)31-15-7-2-1-3-8-15/h1-12,19-21H,13H2,(H,31,34)/t19-,20-,21+/m0/s1. The maximum Gasteiger partial charge on any atom is 0.416 e. The molecule has 6 rings (SSSR count). The van der Waals surface area contributed by atoms with Crippen molar-refractivity contribution >= 4 is 63.5 Å². The third kappa shape index (κ3) is 4.57. The summed E-state index contributed by atoms with van der Waals surface area (Å²) in [4.78, 5) is 55.1. The number of alkyl halides is 3. The van der Waals surface area contributed by atoms with Crippen LogP contribution >= 0.6 is 34.4 Å². The Morgan fingerprint density at radius 1 is 0.950 bits per heavy atom. The van der Waals surface area contributed by atoms with E-state index in [1.807, 2.05) is 5.38 Å². The van der Waals surface area contributed by atoms with Crippen LogP contribution in [-0.2, 0) is 27.1 Å². The van der Waals surface area contributed by atoms with Gasteiger partial charge in [-0.05, 0) is 41.8 Å². The summed E-state index contributed by atoms with van der Waals surface area (Å²) >= 11 is 3.27. The van der Waals surface area contributed by atoms with Crippen molar-refractivity contribution in [1.82, 2.24) is 4.57 Å². The molecule has 0 saturated carbocycles. The molecule has 3 amide bonds. The van der Waals surface area contributed by atoms with E-state index in [4.69, 9.17) is 0 Å². The van der Waals surface area contributed by atoms with Crippen molar-refractivity contribution in [1.29, 1.82) is 0 Å². The molecule has 4 heterocycles. The fraction of sp³-hybridized carbons (Fsp3) is 0.185. The van der Waals surface area contributed by atoms with Crippen LogP contribution in [0.5, 0.6) is 0 Å². The highest BCUT2D eigenvalue weighted by molar-refractivity contribution is 8.00. The molecule has 3 atom stereocenters. The zero-order valence-corrected chi connectivity index (χ0v) is 22.7. The molecule has 0 bridgehead atoms. The van der Waals surface area contributed by atoms with Gasteiger partial charge in [0.15, 0.2) is 0 Å². The number of hydrogen-bond acceptors (Lipinski definition) is 7. The van der Waals surface area contributed by atoms with Gasteiger partial charge in [0, 0.05) is 21.4 Å². The van der Waals surface area contributed by atoms with Crippen LogP contribution in [-0.4, -0.2) is 27.5 Å². The zero-order chi connectivity index (χ0) is 28.2.